The fraction of sp³-hybridized carbons (Fsp3) is 0.533. The molecule has 3 heterocycles. The van der Waals surface area contributed by atoms with E-state index in [1.165, 1.54) is 6.42 Å². The first-order chi connectivity index (χ1) is 18.9. The lowest BCUT2D eigenvalue weighted by Crippen LogP contribution is -2.64. The number of thiophene rings is 1. The first-order valence-electron chi connectivity index (χ1n) is 14.1. The summed E-state index contributed by atoms with van der Waals surface area (Å²) in [6.07, 6.45) is 5.41. The van der Waals surface area contributed by atoms with E-state index in [4.69, 9.17) is 14.2 Å². The predicted molar refractivity (Wildman–Crippen MR) is 153 cm³/mol. The molecule has 1 atom stereocenters. The molecular weight excluding hydrogens is 514 g/mol. The number of nitrogens with zero attached hydrogens (tertiary/aromatic N) is 2. The maximum atomic E-state index is 14.1. The monoisotopic (exact) mass is 553 g/mol. The number of rotatable bonds is 10. The molecule has 2 aliphatic rings. The van der Waals surface area contributed by atoms with E-state index in [2.05, 4.69) is 5.32 Å². The standard InChI is InChI=1S/C30H39N3O5S/c1-5-36-24-15-20(16-25(37-6-2)27(24)38-7-3)18-33-28(34)23-17-26-22(13-14-39-26)32(23)19-30(33,4)29(35)31-21-11-9-8-10-12-21/h13-17,21H,5-12,18-19H2,1-4H3,(H,31,35)/t30-/m0/s1. The normalized spacial score (nSPS) is 19.7. The molecule has 1 fully saturated rings. The number of nitrogens with one attached hydrogen (secondary N) is 1. The molecule has 1 aliphatic heterocycles. The first-order valence-corrected chi connectivity index (χ1v) is 15.0. The highest BCUT2D eigenvalue weighted by molar-refractivity contribution is 7.17. The van der Waals surface area contributed by atoms with Crippen LogP contribution in [0, 0.1) is 0 Å². The molecule has 0 spiro atoms. The maximum absolute atomic E-state index is 14.1. The number of aromatic nitrogens is 1. The Morgan fingerprint density at radius 3 is 2.33 bits per heavy atom. The second-order valence-electron chi connectivity index (χ2n) is 10.5. The molecule has 0 radical (unpaired) electrons. The van der Waals surface area contributed by atoms with Crippen LogP contribution in [0.25, 0.3) is 10.2 Å². The van der Waals surface area contributed by atoms with Crippen LogP contribution in [-0.2, 0) is 17.9 Å². The van der Waals surface area contributed by atoms with Crippen molar-refractivity contribution in [2.45, 2.75) is 84.5 Å². The second-order valence-corrected chi connectivity index (χ2v) is 11.4. The van der Waals surface area contributed by atoms with E-state index < -0.39 is 5.54 Å². The van der Waals surface area contributed by atoms with Gasteiger partial charge in [0.15, 0.2) is 11.5 Å². The molecule has 1 aliphatic carbocycles. The Balaban J connectivity index is 1.55. The molecule has 2 aromatic heterocycles. The lowest BCUT2D eigenvalue weighted by Gasteiger charge is -2.45. The molecule has 2 amide bonds. The van der Waals surface area contributed by atoms with Crippen LogP contribution < -0.4 is 19.5 Å². The first kappa shape index (κ1) is 27.4. The summed E-state index contributed by atoms with van der Waals surface area (Å²) in [5, 5.41) is 5.33. The third-order valence-electron chi connectivity index (χ3n) is 7.79. The molecule has 39 heavy (non-hydrogen) atoms. The van der Waals surface area contributed by atoms with Crippen molar-refractivity contribution in [3.05, 3.63) is 40.9 Å². The van der Waals surface area contributed by atoms with Gasteiger partial charge < -0.3 is 29.0 Å². The molecule has 9 heteroatoms. The van der Waals surface area contributed by atoms with Gasteiger partial charge in [0.05, 0.1) is 36.6 Å². The van der Waals surface area contributed by atoms with Crippen molar-refractivity contribution in [2.24, 2.45) is 0 Å². The summed E-state index contributed by atoms with van der Waals surface area (Å²) in [5.74, 6) is 1.44. The van der Waals surface area contributed by atoms with Crippen LogP contribution >= 0.6 is 11.3 Å². The third-order valence-corrected chi connectivity index (χ3v) is 8.64. The van der Waals surface area contributed by atoms with Crippen molar-refractivity contribution in [3.8, 4) is 17.2 Å². The minimum absolute atomic E-state index is 0.105. The smallest absolute Gasteiger partial charge is 0.271 e. The summed E-state index contributed by atoms with van der Waals surface area (Å²) in [4.78, 5) is 29.9. The van der Waals surface area contributed by atoms with Gasteiger partial charge in [0.1, 0.15) is 11.2 Å². The SMILES string of the molecule is CCOc1cc(CN2C(=O)c3cc4sccc4n3C[C@@]2(C)C(=O)NC2CCCCC2)cc(OCC)c1OCC. The number of fused-ring (bicyclic) bond motifs is 3. The minimum Gasteiger partial charge on any atom is -0.490 e. The van der Waals surface area contributed by atoms with Crippen LogP contribution in [0.3, 0.4) is 0 Å². The zero-order valence-electron chi connectivity index (χ0n) is 23.4. The van der Waals surface area contributed by atoms with Crippen molar-refractivity contribution in [1.29, 1.82) is 0 Å². The van der Waals surface area contributed by atoms with Gasteiger partial charge in [0.25, 0.3) is 5.91 Å². The number of hydrogen-bond donors (Lipinski definition) is 1. The lowest BCUT2D eigenvalue weighted by molar-refractivity contribution is -0.134. The Labute approximate surface area is 234 Å². The summed E-state index contributed by atoms with van der Waals surface area (Å²) < 4.78 is 20.8. The van der Waals surface area contributed by atoms with E-state index in [9.17, 15) is 9.59 Å². The van der Waals surface area contributed by atoms with Gasteiger partial charge in [-0.25, -0.2) is 0 Å². The van der Waals surface area contributed by atoms with Gasteiger partial charge in [-0.15, -0.1) is 11.3 Å². The molecule has 1 saturated carbocycles. The summed E-state index contributed by atoms with van der Waals surface area (Å²) in [7, 11) is 0. The molecule has 0 bridgehead atoms. The van der Waals surface area contributed by atoms with E-state index in [1.807, 2.05) is 61.9 Å². The topological polar surface area (TPSA) is 82.0 Å². The van der Waals surface area contributed by atoms with E-state index >= 15 is 0 Å². The fourth-order valence-corrected chi connectivity index (χ4v) is 6.65. The highest BCUT2D eigenvalue weighted by atomic mass is 32.1. The molecule has 8 nitrogen and oxygen atoms in total. The average Bonchev–Trinajstić information content (AvgIpc) is 3.52. The van der Waals surface area contributed by atoms with Gasteiger partial charge in [-0.05, 0) is 75.7 Å². The third kappa shape index (κ3) is 5.21. The average molecular weight is 554 g/mol. The molecule has 1 N–H and O–H groups in total. The van der Waals surface area contributed by atoms with Crippen LogP contribution in [0.1, 0.15) is 75.9 Å². The van der Waals surface area contributed by atoms with Crippen molar-refractivity contribution in [1.82, 2.24) is 14.8 Å². The van der Waals surface area contributed by atoms with Gasteiger partial charge in [-0.2, -0.15) is 0 Å². The number of benzene rings is 1. The maximum Gasteiger partial charge on any atom is 0.271 e. The van der Waals surface area contributed by atoms with Gasteiger partial charge in [0, 0.05) is 12.6 Å². The molecule has 210 valence electrons. The van der Waals surface area contributed by atoms with Crippen LogP contribution in [-0.4, -0.2) is 52.7 Å². The quantitative estimate of drug-likeness (QED) is 0.345. The Morgan fingerprint density at radius 1 is 1.03 bits per heavy atom. The molecule has 0 unspecified atom stereocenters. The van der Waals surface area contributed by atoms with Crippen LogP contribution in [0.4, 0.5) is 0 Å². The second kappa shape index (κ2) is 11.5. The largest absolute Gasteiger partial charge is 0.490 e. The van der Waals surface area contributed by atoms with Crippen molar-refractivity contribution in [3.63, 3.8) is 0 Å². The zero-order chi connectivity index (χ0) is 27.6. The number of hydrogen-bond acceptors (Lipinski definition) is 6. The predicted octanol–water partition coefficient (Wildman–Crippen LogP) is 5.76. The summed E-state index contributed by atoms with van der Waals surface area (Å²) >= 11 is 1.61. The summed E-state index contributed by atoms with van der Waals surface area (Å²) in [6, 6.07) is 7.92. The number of carbonyl (C=O) groups excluding carboxylic acids is 2. The number of amides is 2. The molecule has 1 aromatic carbocycles. The summed E-state index contributed by atoms with van der Waals surface area (Å²) in [5.41, 5.74) is 1.35. The molecule has 3 aromatic rings. The number of ether oxygens (including phenoxy) is 3. The fourth-order valence-electron chi connectivity index (χ4n) is 5.83. The lowest BCUT2D eigenvalue weighted by atomic mass is 9.91. The Bertz CT molecular complexity index is 1310. The van der Waals surface area contributed by atoms with Gasteiger partial charge in [-0.3, -0.25) is 9.59 Å². The molecule has 0 saturated heterocycles. The Kier molecular flexibility index (Phi) is 8.07. The van der Waals surface area contributed by atoms with Crippen molar-refractivity contribution < 1.29 is 23.8 Å². The van der Waals surface area contributed by atoms with Crippen molar-refractivity contribution in [2.75, 3.05) is 19.8 Å². The van der Waals surface area contributed by atoms with Gasteiger partial charge in [-0.1, -0.05) is 19.3 Å². The van der Waals surface area contributed by atoms with E-state index in [1.54, 1.807) is 16.2 Å². The highest BCUT2D eigenvalue weighted by Gasteiger charge is 2.48. The number of carbonyl (C=O) groups is 2. The van der Waals surface area contributed by atoms with Gasteiger partial charge >= 0.3 is 0 Å². The van der Waals surface area contributed by atoms with E-state index in [0.717, 1.165) is 41.5 Å². The molecular formula is C30H39N3O5S. The zero-order valence-corrected chi connectivity index (χ0v) is 24.2. The Morgan fingerprint density at radius 2 is 1.69 bits per heavy atom. The van der Waals surface area contributed by atoms with E-state index in [0.29, 0.717) is 49.3 Å². The molecule has 5 rings (SSSR count). The Hall–Kier alpha value is -3.20. The van der Waals surface area contributed by atoms with Crippen molar-refractivity contribution >= 4 is 33.4 Å². The van der Waals surface area contributed by atoms with Gasteiger partial charge in [0.2, 0.25) is 11.7 Å². The minimum atomic E-state index is -1.08. The van der Waals surface area contributed by atoms with Crippen LogP contribution in [0.2, 0.25) is 0 Å². The van der Waals surface area contributed by atoms with Crippen LogP contribution in [0.5, 0.6) is 17.2 Å². The van der Waals surface area contributed by atoms with Crippen LogP contribution in [0.15, 0.2) is 29.6 Å². The highest BCUT2D eigenvalue weighted by Crippen LogP contribution is 2.41. The summed E-state index contributed by atoms with van der Waals surface area (Å²) in [6.45, 7) is 9.67. The van der Waals surface area contributed by atoms with E-state index in [-0.39, 0.29) is 24.4 Å².